The Balaban J connectivity index is 2.71. The van der Waals surface area contributed by atoms with E-state index in [2.05, 4.69) is 41.3 Å². The van der Waals surface area contributed by atoms with E-state index in [9.17, 15) is 14.9 Å². The standard InChI is InChI=1S/C21H36N6O3/c1-6-26(7-2)14-8-9-17(3)24-21(23-16-20(28)25(4)5)22-15-18-10-12-19(13-11-18)27(29)30/h10-13,17H,6-9,14-16H2,1-5H3,(H2,22,23,24). The number of nitrogens with one attached hydrogen (secondary N) is 2. The molecule has 0 aliphatic heterocycles. The van der Waals surface area contributed by atoms with Crippen LogP contribution in [-0.2, 0) is 11.3 Å². The second kappa shape index (κ2) is 13.5. The Morgan fingerprint density at radius 3 is 2.37 bits per heavy atom. The molecule has 1 rings (SSSR count). The van der Waals surface area contributed by atoms with E-state index in [1.54, 1.807) is 26.2 Å². The first kappa shape index (κ1) is 25.4. The summed E-state index contributed by atoms with van der Waals surface area (Å²) in [5, 5.41) is 17.2. The minimum absolute atomic E-state index is 0.0472. The molecule has 30 heavy (non-hydrogen) atoms. The molecule has 1 unspecified atom stereocenters. The number of nitro groups is 1. The predicted molar refractivity (Wildman–Crippen MR) is 121 cm³/mol. The second-order valence-corrected chi connectivity index (χ2v) is 7.44. The molecule has 1 aromatic rings. The minimum atomic E-state index is -0.422. The van der Waals surface area contributed by atoms with E-state index in [1.807, 2.05) is 0 Å². The molecule has 1 atom stereocenters. The number of carbonyl (C=O) groups is 1. The van der Waals surface area contributed by atoms with Gasteiger partial charge in [0.2, 0.25) is 5.91 Å². The van der Waals surface area contributed by atoms with Gasteiger partial charge in [0.15, 0.2) is 5.96 Å². The lowest BCUT2D eigenvalue weighted by molar-refractivity contribution is -0.384. The van der Waals surface area contributed by atoms with Crippen molar-refractivity contribution in [1.82, 2.24) is 20.4 Å². The summed E-state index contributed by atoms with van der Waals surface area (Å²) in [6.45, 7) is 10.1. The Kier molecular flexibility index (Phi) is 11.4. The number of nitro benzene ring substituents is 1. The third-order valence-corrected chi connectivity index (χ3v) is 4.86. The number of aliphatic imine (C=N–C) groups is 1. The molecule has 168 valence electrons. The molecule has 0 spiro atoms. The van der Waals surface area contributed by atoms with Gasteiger partial charge < -0.3 is 20.4 Å². The van der Waals surface area contributed by atoms with Gasteiger partial charge in [0.25, 0.3) is 5.69 Å². The van der Waals surface area contributed by atoms with E-state index in [0.717, 1.165) is 38.0 Å². The van der Waals surface area contributed by atoms with Crippen molar-refractivity contribution in [3.05, 3.63) is 39.9 Å². The van der Waals surface area contributed by atoms with Gasteiger partial charge >= 0.3 is 0 Å². The smallest absolute Gasteiger partial charge is 0.269 e. The van der Waals surface area contributed by atoms with Gasteiger partial charge in [-0.3, -0.25) is 14.9 Å². The summed E-state index contributed by atoms with van der Waals surface area (Å²) in [6.07, 6.45) is 2.05. The number of guanidine groups is 1. The van der Waals surface area contributed by atoms with Crippen LogP contribution in [-0.4, -0.2) is 72.9 Å². The first-order valence-corrected chi connectivity index (χ1v) is 10.5. The van der Waals surface area contributed by atoms with Crippen LogP contribution in [0.4, 0.5) is 5.69 Å². The second-order valence-electron chi connectivity index (χ2n) is 7.44. The van der Waals surface area contributed by atoms with E-state index in [4.69, 9.17) is 0 Å². The normalized spacial score (nSPS) is 12.5. The zero-order valence-corrected chi connectivity index (χ0v) is 18.9. The summed E-state index contributed by atoms with van der Waals surface area (Å²) in [5.74, 6) is 0.507. The average Bonchev–Trinajstić information content (AvgIpc) is 2.73. The fourth-order valence-corrected chi connectivity index (χ4v) is 2.83. The fraction of sp³-hybridized carbons (Fsp3) is 0.619. The molecule has 9 nitrogen and oxygen atoms in total. The number of nitrogens with zero attached hydrogens (tertiary/aromatic N) is 4. The van der Waals surface area contributed by atoms with Gasteiger partial charge in [-0.25, -0.2) is 4.99 Å². The van der Waals surface area contributed by atoms with Crippen LogP contribution < -0.4 is 10.6 Å². The van der Waals surface area contributed by atoms with Gasteiger partial charge in [0, 0.05) is 32.3 Å². The number of non-ortho nitro benzene ring substituents is 1. The fourth-order valence-electron chi connectivity index (χ4n) is 2.83. The molecule has 1 aromatic carbocycles. The average molecular weight is 421 g/mol. The number of hydrogen-bond donors (Lipinski definition) is 2. The van der Waals surface area contributed by atoms with Crippen molar-refractivity contribution in [2.75, 3.05) is 40.3 Å². The molecule has 0 saturated heterocycles. The number of amides is 1. The Hall–Kier alpha value is -2.68. The number of hydrogen-bond acceptors (Lipinski definition) is 5. The molecule has 0 fully saturated rings. The number of likely N-dealkylation sites (N-methyl/N-ethyl adjacent to an activating group) is 1. The molecular formula is C21H36N6O3. The highest BCUT2D eigenvalue weighted by molar-refractivity contribution is 5.86. The van der Waals surface area contributed by atoms with Crippen LogP contribution >= 0.6 is 0 Å². The van der Waals surface area contributed by atoms with E-state index >= 15 is 0 Å². The molecule has 0 radical (unpaired) electrons. The highest BCUT2D eigenvalue weighted by atomic mass is 16.6. The summed E-state index contributed by atoms with van der Waals surface area (Å²) in [6, 6.07) is 6.52. The van der Waals surface area contributed by atoms with E-state index in [-0.39, 0.29) is 24.2 Å². The van der Waals surface area contributed by atoms with E-state index < -0.39 is 4.92 Å². The maximum Gasteiger partial charge on any atom is 0.269 e. The van der Waals surface area contributed by atoms with Gasteiger partial charge in [-0.2, -0.15) is 0 Å². The molecule has 0 heterocycles. The molecule has 0 bridgehead atoms. The third-order valence-electron chi connectivity index (χ3n) is 4.86. The Bertz CT molecular complexity index is 686. The Morgan fingerprint density at radius 2 is 1.83 bits per heavy atom. The lowest BCUT2D eigenvalue weighted by Gasteiger charge is -2.21. The highest BCUT2D eigenvalue weighted by Gasteiger charge is 2.10. The van der Waals surface area contributed by atoms with Gasteiger partial charge in [-0.1, -0.05) is 26.0 Å². The van der Waals surface area contributed by atoms with Crippen LogP contribution in [0, 0.1) is 10.1 Å². The van der Waals surface area contributed by atoms with Crippen molar-refractivity contribution in [3.63, 3.8) is 0 Å². The summed E-state index contributed by atoms with van der Waals surface area (Å²) in [7, 11) is 3.42. The molecule has 9 heteroatoms. The summed E-state index contributed by atoms with van der Waals surface area (Å²) >= 11 is 0. The maximum absolute atomic E-state index is 11.9. The Labute approximate surface area is 179 Å². The molecule has 2 N–H and O–H groups in total. The van der Waals surface area contributed by atoms with Crippen molar-refractivity contribution in [3.8, 4) is 0 Å². The monoisotopic (exact) mass is 420 g/mol. The highest BCUT2D eigenvalue weighted by Crippen LogP contribution is 2.12. The van der Waals surface area contributed by atoms with Crippen molar-refractivity contribution in [1.29, 1.82) is 0 Å². The quantitative estimate of drug-likeness (QED) is 0.233. The summed E-state index contributed by atoms with van der Waals surface area (Å²) in [5.41, 5.74) is 0.910. The van der Waals surface area contributed by atoms with E-state index in [1.165, 1.54) is 17.0 Å². The molecule has 0 aliphatic carbocycles. The van der Waals surface area contributed by atoms with Crippen LogP contribution in [0.3, 0.4) is 0 Å². The molecule has 0 aliphatic rings. The van der Waals surface area contributed by atoms with Gasteiger partial charge in [0.1, 0.15) is 0 Å². The predicted octanol–water partition coefficient (Wildman–Crippen LogP) is 2.23. The number of rotatable bonds is 12. The van der Waals surface area contributed by atoms with Crippen LogP contribution in [0.25, 0.3) is 0 Å². The molecule has 1 amide bonds. The molecular weight excluding hydrogens is 384 g/mol. The minimum Gasteiger partial charge on any atom is -0.354 e. The number of carbonyl (C=O) groups excluding carboxylic acids is 1. The topological polar surface area (TPSA) is 103 Å². The SMILES string of the molecule is CCN(CC)CCCC(C)NC(=NCc1ccc([N+](=O)[O-])cc1)NCC(=O)N(C)C. The van der Waals surface area contributed by atoms with Crippen LogP contribution in [0.5, 0.6) is 0 Å². The maximum atomic E-state index is 11.9. The first-order valence-electron chi connectivity index (χ1n) is 10.5. The Morgan fingerprint density at radius 1 is 1.20 bits per heavy atom. The van der Waals surface area contributed by atoms with Gasteiger partial charge in [-0.15, -0.1) is 0 Å². The zero-order valence-electron chi connectivity index (χ0n) is 18.9. The lowest BCUT2D eigenvalue weighted by atomic mass is 10.2. The van der Waals surface area contributed by atoms with Crippen molar-refractivity contribution in [2.24, 2.45) is 4.99 Å². The summed E-state index contributed by atoms with van der Waals surface area (Å²) in [4.78, 5) is 30.8. The molecule has 0 saturated carbocycles. The van der Waals surface area contributed by atoms with Crippen molar-refractivity contribution in [2.45, 2.75) is 46.2 Å². The van der Waals surface area contributed by atoms with Crippen molar-refractivity contribution < 1.29 is 9.72 Å². The summed E-state index contributed by atoms with van der Waals surface area (Å²) < 4.78 is 0. The first-order chi connectivity index (χ1) is 14.3. The zero-order chi connectivity index (χ0) is 22.5. The van der Waals surface area contributed by atoms with Gasteiger partial charge in [-0.05, 0) is 45.0 Å². The van der Waals surface area contributed by atoms with Crippen LogP contribution in [0.2, 0.25) is 0 Å². The third kappa shape index (κ3) is 9.69. The van der Waals surface area contributed by atoms with E-state index in [0.29, 0.717) is 12.5 Å². The lowest BCUT2D eigenvalue weighted by Crippen LogP contribution is -2.46. The van der Waals surface area contributed by atoms with Crippen LogP contribution in [0.1, 0.15) is 39.2 Å². The van der Waals surface area contributed by atoms with Crippen LogP contribution in [0.15, 0.2) is 29.3 Å². The largest absolute Gasteiger partial charge is 0.354 e. The molecule has 0 aromatic heterocycles. The van der Waals surface area contributed by atoms with Gasteiger partial charge in [0.05, 0.1) is 18.0 Å². The number of benzene rings is 1. The van der Waals surface area contributed by atoms with Crippen molar-refractivity contribution >= 4 is 17.6 Å².